The molecule has 0 aliphatic rings. The third-order valence-corrected chi connectivity index (χ3v) is 3.13. The van der Waals surface area contributed by atoms with Crippen LogP contribution in [0.5, 0.6) is 0 Å². The zero-order valence-electron chi connectivity index (χ0n) is 10.5. The first kappa shape index (κ1) is 11.2. The molecule has 0 saturated heterocycles. The molecule has 1 heterocycles. The van der Waals surface area contributed by atoms with Gasteiger partial charge >= 0.3 is 0 Å². The molecule has 0 saturated carbocycles. The van der Waals surface area contributed by atoms with Crippen LogP contribution in [0.15, 0.2) is 18.2 Å². The molecule has 0 aliphatic heterocycles. The quantitative estimate of drug-likeness (QED) is 0.808. The lowest BCUT2D eigenvalue weighted by Gasteiger charge is -2.13. The van der Waals surface area contributed by atoms with E-state index in [9.17, 15) is 0 Å². The summed E-state index contributed by atoms with van der Waals surface area (Å²) in [5.74, 6) is 0. The summed E-state index contributed by atoms with van der Waals surface area (Å²) in [6.07, 6.45) is 0. The summed E-state index contributed by atoms with van der Waals surface area (Å²) in [5, 5.41) is 4.83. The summed E-state index contributed by atoms with van der Waals surface area (Å²) in [6, 6.07) is 6.99. The van der Waals surface area contributed by atoms with E-state index >= 15 is 0 Å². The Morgan fingerprint density at radius 2 is 2.06 bits per heavy atom. The van der Waals surface area contributed by atoms with Crippen LogP contribution >= 0.6 is 0 Å². The molecular formula is C14H20N2. The fourth-order valence-electron chi connectivity index (χ4n) is 2.43. The van der Waals surface area contributed by atoms with Gasteiger partial charge in [0.25, 0.3) is 0 Å². The second-order valence-corrected chi connectivity index (χ2v) is 4.49. The Bertz CT molecular complexity index is 497. The minimum absolute atomic E-state index is 0.403. The molecule has 1 unspecified atom stereocenters. The highest BCUT2D eigenvalue weighted by Crippen LogP contribution is 2.28. The van der Waals surface area contributed by atoms with Crippen molar-refractivity contribution in [3.63, 3.8) is 0 Å². The van der Waals surface area contributed by atoms with Crippen LogP contribution in [0.25, 0.3) is 10.9 Å². The van der Waals surface area contributed by atoms with Crippen LogP contribution in [-0.2, 0) is 0 Å². The van der Waals surface area contributed by atoms with Crippen LogP contribution in [0.3, 0.4) is 0 Å². The Morgan fingerprint density at radius 1 is 1.31 bits per heavy atom. The molecule has 0 bridgehead atoms. The maximum absolute atomic E-state index is 3.48. The minimum atomic E-state index is 0.403. The number of aromatic amines is 1. The van der Waals surface area contributed by atoms with Gasteiger partial charge in [-0.05, 0) is 45.0 Å². The summed E-state index contributed by atoms with van der Waals surface area (Å²) in [7, 11) is 0. The predicted molar refractivity (Wildman–Crippen MR) is 69.9 cm³/mol. The van der Waals surface area contributed by atoms with Gasteiger partial charge in [0.2, 0.25) is 0 Å². The number of aromatic nitrogens is 1. The van der Waals surface area contributed by atoms with E-state index in [1.807, 2.05) is 0 Å². The summed E-state index contributed by atoms with van der Waals surface area (Å²) in [6.45, 7) is 9.66. The van der Waals surface area contributed by atoms with Gasteiger partial charge in [0.1, 0.15) is 0 Å². The number of rotatable bonds is 3. The SMILES string of the molecule is CCNC(C)c1c(C)[nH]c2ccc(C)cc12. The predicted octanol–water partition coefficient (Wildman–Crippen LogP) is 3.46. The van der Waals surface area contributed by atoms with Crippen molar-refractivity contribution in [2.45, 2.75) is 33.7 Å². The summed E-state index contributed by atoms with van der Waals surface area (Å²) in [5.41, 5.74) is 5.23. The van der Waals surface area contributed by atoms with E-state index in [2.05, 4.69) is 56.2 Å². The van der Waals surface area contributed by atoms with Gasteiger partial charge in [-0.2, -0.15) is 0 Å². The lowest BCUT2D eigenvalue weighted by Crippen LogP contribution is -2.18. The van der Waals surface area contributed by atoms with E-state index in [4.69, 9.17) is 0 Å². The zero-order valence-corrected chi connectivity index (χ0v) is 10.5. The number of nitrogens with one attached hydrogen (secondary N) is 2. The Balaban J connectivity index is 2.58. The molecule has 0 fully saturated rings. The maximum Gasteiger partial charge on any atom is 0.0459 e. The topological polar surface area (TPSA) is 27.8 Å². The highest BCUT2D eigenvalue weighted by molar-refractivity contribution is 5.85. The van der Waals surface area contributed by atoms with Gasteiger partial charge in [0.15, 0.2) is 0 Å². The molecule has 86 valence electrons. The second kappa shape index (κ2) is 4.30. The largest absolute Gasteiger partial charge is 0.358 e. The van der Waals surface area contributed by atoms with Gasteiger partial charge in [-0.1, -0.05) is 18.6 Å². The molecular weight excluding hydrogens is 196 g/mol. The van der Waals surface area contributed by atoms with Gasteiger partial charge in [0, 0.05) is 22.6 Å². The molecule has 16 heavy (non-hydrogen) atoms. The Hall–Kier alpha value is -1.28. The maximum atomic E-state index is 3.48. The van der Waals surface area contributed by atoms with Gasteiger partial charge in [-0.25, -0.2) is 0 Å². The summed E-state index contributed by atoms with van der Waals surface area (Å²) >= 11 is 0. The molecule has 1 atom stereocenters. The summed E-state index contributed by atoms with van der Waals surface area (Å²) < 4.78 is 0. The Kier molecular flexibility index (Phi) is 3.01. The molecule has 1 aromatic heterocycles. The normalized spacial score (nSPS) is 13.2. The van der Waals surface area contributed by atoms with Gasteiger partial charge in [-0.3, -0.25) is 0 Å². The fourth-order valence-corrected chi connectivity index (χ4v) is 2.43. The van der Waals surface area contributed by atoms with Crippen LogP contribution in [0, 0.1) is 13.8 Å². The van der Waals surface area contributed by atoms with Crippen molar-refractivity contribution in [2.24, 2.45) is 0 Å². The van der Waals surface area contributed by atoms with E-state index < -0.39 is 0 Å². The monoisotopic (exact) mass is 216 g/mol. The molecule has 2 heteroatoms. The Labute approximate surface area is 97.1 Å². The van der Waals surface area contributed by atoms with Gasteiger partial charge < -0.3 is 10.3 Å². The molecule has 1 aromatic carbocycles. The van der Waals surface area contributed by atoms with E-state index in [0.29, 0.717) is 6.04 Å². The average molecular weight is 216 g/mol. The number of fused-ring (bicyclic) bond motifs is 1. The number of benzene rings is 1. The zero-order chi connectivity index (χ0) is 11.7. The van der Waals surface area contributed by atoms with E-state index in [0.717, 1.165) is 6.54 Å². The molecule has 2 rings (SSSR count). The van der Waals surface area contributed by atoms with Crippen molar-refractivity contribution < 1.29 is 0 Å². The van der Waals surface area contributed by atoms with E-state index in [-0.39, 0.29) is 0 Å². The van der Waals surface area contributed by atoms with Crippen LogP contribution in [0.1, 0.15) is 36.7 Å². The number of hydrogen-bond donors (Lipinski definition) is 2. The van der Waals surface area contributed by atoms with Crippen LogP contribution in [0.2, 0.25) is 0 Å². The Morgan fingerprint density at radius 3 is 2.75 bits per heavy atom. The third-order valence-electron chi connectivity index (χ3n) is 3.13. The fraction of sp³-hybridized carbons (Fsp3) is 0.429. The first-order valence-electron chi connectivity index (χ1n) is 5.95. The second-order valence-electron chi connectivity index (χ2n) is 4.49. The highest BCUT2D eigenvalue weighted by Gasteiger charge is 2.13. The lowest BCUT2D eigenvalue weighted by molar-refractivity contribution is 0.599. The number of hydrogen-bond acceptors (Lipinski definition) is 1. The van der Waals surface area contributed by atoms with Crippen molar-refractivity contribution in [3.8, 4) is 0 Å². The standard InChI is InChI=1S/C14H20N2/c1-5-15-10(3)14-11(4)16-13-7-6-9(2)8-12(13)14/h6-8,10,15-16H,5H2,1-4H3. The number of H-pyrrole nitrogens is 1. The van der Waals surface area contributed by atoms with E-state index in [1.165, 1.54) is 27.7 Å². The van der Waals surface area contributed by atoms with Crippen LogP contribution < -0.4 is 5.32 Å². The lowest BCUT2D eigenvalue weighted by atomic mass is 10.0. The molecule has 2 nitrogen and oxygen atoms in total. The minimum Gasteiger partial charge on any atom is -0.358 e. The van der Waals surface area contributed by atoms with Crippen molar-refractivity contribution in [1.82, 2.24) is 10.3 Å². The van der Waals surface area contributed by atoms with Gasteiger partial charge in [-0.15, -0.1) is 0 Å². The first-order valence-corrected chi connectivity index (χ1v) is 5.95. The highest BCUT2D eigenvalue weighted by atomic mass is 14.9. The third kappa shape index (κ3) is 1.85. The smallest absolute Gasteiger partial charge is 0.0459 e. The van der Waals surface area contributed by atoms with Crippen LogP contribution in [0.4, 0.5) is 0 Å². The molecule has 2 N–H and O–H groups in total. The molecule has 0 aliphatic carbocycles. The van der Waals surface area contributed by atoms with Crippen LogP contribution in [-0.4, -0.2) is 11.5 Å². The first-order chi connectivity index (χ1) is 7.63. The van der Waals surface area contributed by atoms with E-state index in [1.54, 1.807) is 0 Å². The molecule has 2 aromatic rings. The molecule has 0 amide bonds. The van der Waals surface area contributed by atoms with Crippen molar-refractivity contribution >= 4 is 10.9 Å². The van der Waals surface area contributed by atoms with Gasteiger partial charge in [0.05, 0.1) is 0 Å². The average Bonchev–Trinajstić information content (AvgIpc) is 2.53. The molecule has 0 radical (unpaired) electrons. The summed E-state index contributed by atoms with van der Waals surface area (Å²) in [4.78, 5) is 3.45. The van der Waals surface area contributed by atoms with Crippen molar-refractivity contribution in [3.05, 3.63) is 35.0 Å². The van der Waals surface area contributed by atoms with Crippen molar-refractivity contribution in [1.29, 1.82) is 0 Å². The van der Waals surface area contributed by atoms with Crippen molar-refractivity contribution in [2.75, 3.05) is 6.54 Å². The molecule has 0 spiro atoms. The number of aryl methyl sites for hydroxylation is 2.